The number of benzene rings is 1. The van der Waals surface area contributed by atoms with Crippen molar-refractivity contribution in [2.75, 3.05) is 0 Å². The molecule has 0 radical (unpaired) electrons. The molecule has 0 aliphatic heterocycles. The molecule has 0 heterocycles. The van der Waals surface area contributed by atoms with Gasteiger partial charge >= 0.3 is 35.5 Å². The Morgan fingerprint density at radius 2 is 2.00 bits per heavy atom. The summed E-state index contributed by atoms with van der Waals surface area (Å²) >= 11 is 5.51. The molecule has 0 saturated carbocycles. The molecule has 6 heteroatoms. The van der Waals surface area contributed by atoms with Crippen molar-refractivity contribution in [3.63, 3.8) is 0 Å². The van der Waals surface area contributed by atoms with E-state index in [0.717, 1.165) is 0 Å². The molecule has 0 spiro atoms. The van der Waals surface area contributed by atoms with E-state index in [0.29, 0.717) is 0 Å². The van der Waals surface area contributed by atoms with Gasteiger partial charge in [-0.25, -0.2) is 4.79 Å². The van der Waals surface area contributed by atoms with Gasteiger partial charge in [-0.05, 0) is 17.7 Å². The predicted molar refractivity (Wildman–Crippen MR) is 52.9 cm³/mol. The molecule has 1 rings (SSSR count). The zero-order valence-corrected chi connectivity index (χ0v) is 7.19. The number of aliphatic hydroxyl groups is 1. The van der Waals surface area contributed by atoms with Crippen LogP contribution in [0, 0.1) is 0 Å². The summed E-state index contributed by atoms with van der Waals surface area (Å²) in [6.07, 6.45) is -1.61. The monoisotopic (exact) mass is 226 g/mol. The van der Waals surface area contributed by atoms with Gasteiger partial charge in [-0.3, -0.25) is 0 Å². The van der Waals surface area contributed by atoms with E-state index in [2.05, 4.69) is 0 Å². The second kappa shape index (κ2) is 5.58. The number of hydrogen-bond donors (Lipinski definition) is 3. The molecular weight excluding hydrogens is 219 g/mol. The number of carboxylic acid groups (broad SMARTS) is 1. The molecule has 0 aliphatic rings. The zero-order chi connectivity index (χ0) is 10.0. The van der Waals surface area contributed by atoms with Gasteiger partial charge in [0, 0.05) is 0 Å². The minimum absolute atomic E-state index is 0. The molecule has 0 aliphatic carbocycles. The molecule has 72 valence electrons. The van der Waals surface area contributed by atoms with E-state index in [-0.39, 0.29) is 45.9 Å². The first-order chi connectivity index (χ1) is 6.02. The number of carbonyl (C=O) groups is 1. The molecule has 0 unspecified atom stereocenters. The van der Waals surface area contributed by atoms with Gasteiger partial charge < -0.3 is 15.3 Å². The van der Waals surface area contributed by atoms with E-state index in [4.69, 9.17) is 26.9 Å². The Morgan fingerprint density at radius 3 is 2.43 bits per heavy atom. The third-order valence-corrected chi connectivity index (χ3v) is 1.82. The maximum atomic E-state index is 10.3. The molecule has 0 aromatic heterocycles. The molecule has 3 N–H and O–H groups in total. The maximum absolute atomic E-state index is 10.3. The van der Waals surface area contributed by atoms with Gasteiger partial charge in [0.05, 0.1) is 5.02 Å². The molecule has 14 heavy (non-hydrogen) atoms. The first-order valence-corrected chi connectivity index (χ1v) is 3.79. The number of rotatable bonds is 2. The average molecular weight is 227 g/mol. The summed E-state index contributed by atoms with van der Waals surface area (Å²) in [7, 11) is 0. The van der Waals surface area contributed by atoms with Crippen LogP contribution in [0.1, 0.15) is 11.7 Å². The second-order valence-electron chi connectivity index (χ2n) is 2.45. The van der Waals surface area contributed by atoms with E-state index < -0.39 is 12.1 Å². The van der Waals surface area contributed by atoms with Gasteiger partial charge in [0.25, 0.3) is 0 Å². The topological polar surface area (TPSA) is 77.8 Å². The zero-order valence-electron chi connectivity index (χ0n) is 6.44. The molecule has 1 aromatic rings. The van der Waals surface area contributed by atoms with Crippen LogP contribution in [0.2, 0.25) is 5.02 Å². The molecule has 4 nitrogen and oxygen atoms in total. The summed E-state index contributed by atoms with van der Waals surface area (Å²) in [6.45, 7) is 0. The van der Waals surface area contributed by atoms with Crippen molar-refractivity contribution >= 4 is 47.1 Å². The van der Waals surface area contributed by atoms with Crippen LogP contribution in [-0.4, -0.2) is 50.8 Å². The van der Waals surface area contributed by atoms with Crippen LogP contribution in [0.15, 0.2) is 18.2 Å². The van der Waals surface area contributed by atoms with Crippen molar-refractivity contribution in [1.82, 2.24) is 0 Å². The fraction of sp³-hybridized carbons (Fsp3) is 0.125. The Hall–Kier alpha value is -0.260. The van der Waals surface area contributed by atoms with Crippen LogP contribution in [0.25, 0.3) is 0 Å². The van der Waals surface area contributed by atoms with Gasteiger partial charge in [0.15, 0.2) is 6.10 Å². The molecule has 1 aromatic carbocycles. The number of hydrogen-bond acceptors (Lipinski definition) is 3. The molecular formula is C8H8ClNaO4. The predicted octanol–water partition coefficient (Wildman–Crippen LogP) is 0.515. The summed E-state index contributed by atoms with van der Waals surface area (Å²) in [4.78, 5) is 10.3. The normalized spacial score (nSPS) is 11.6. The van der Waals surface area contributed by atoms with Crippen molar-refractivity contribution < 1.29 is 20.1 Å². The Morgan fingerprint density at radius 1 is 1.43 bits per heavy atom. The van der Waals surface area contributed by atoms with Crippen molar-refractivity contribution in [2.24, 2.45) is 0 Å². The molecule has 0 fully saturated rings. The van der Waals surface area contributed by atoms with Crippen LogP contribution in [0.3, 0.4) is 0 Å². The van der Waals surface area contributed by atoms with Crippen LogP contribution in [0.5, 0.6) is 5.75 Å². The summed E-state index contributed by atoms with van der Waals surface area (Å²) in [5.74, 6) is -1.51. The van der Waals surface area contributed by atoms with Gasteiger partial charge in [0.2, 0.25) is 0 Å². The number of aliphatic carboxylic acids is 1. The third-order valence-electron chi connectivity index (χ3n) is 1.52. The third kappa shape index (κ3) is 3.15. The van der Waals surface area contributed by atoms with E-state index in [1.54, 1.807) is 0 Å². The van der Waals surface area contributed by atoms with Crippen LogP contribution in [-0.2, 0) is 4.79 Å². The molecule has 0 bridgehead atoms. The number of halogens is 1. The van der Waals surface area contributed by atoms with Crippen molar-refractivity contribution in [3.8, 4) is 5.75 Å². The summed E-state index contributed by atoms with van der Waals surface area (Å²) in [6, 6.07) is 3.72. The molecule has 0 saturated heterocycles. The molecule has 1 atom stereocenters. The van der Waals surface area contributed by atoms with Crippen LogP contribution >= 0.6 is 11.6 Å². The van der Waals surface area contributed by atoms with Gasteiger partial charge in [-0.2, -0.15) is 0 Å². The molecule has 0 amide bonds. The van der Waals surface area contributed by atoms with Crippen LogP contribution < -0.4 is 0 Å². The summed E-state index contributed by atoms with van der Waals surface area (Å²) in [5, 5.41) is 26.5. The Labute approximate surface area is 107 Å². The fourth-order valence-corrected chi connectivity index (χ4v) is 1.02. The van der Waals surface area contributed by atoms with Crippen molar-refractivity contribution in [1.29, 1.82) is 0 Å². The first kappa shape index (κ1) is 13.7. The van der Waals surface area contributed by atoms with Gasteiger partial charge in [-0.1, -0.05) is 17.7 Å². The summed E-state index contributed by atoms with van der Waals surface area (Å²) in [5.41, 5.74) is 0.135. The number of aliphatic hydroxyl groups excluding tert-OH is 1. The van der Waals surface area contributed by atoms with Crippen molar-refractivity contribution in [2.45, 2.75) is 6.10 Å². The first-order valence-electron chi connectivity index (χ1n) is 3.41. The van der Waals surface area contributed by atoms with E-state index in [1.165, 1.54) is 18.2 Å². The Bertz CT molecular complexity index is 342. The number of carboxylic acids is 1. The number of phenols is 1. The standard InChI is InChI=1S/C8H7ClO4.Na.H/c9-5-3-4(1-2-6(5)10)7(11)8(12)13;;/h1-3,7,10-11H,(H,12,13);;/t7-;;/m1../s1. The van der Waals surface area contributed by atoms with Crippen molar-refractivity contribution in [3.05, 3.63) is 28.8 Å². The number of aromatic hydroxyl groups is 1. The Balaban J connectivity index is 0.00000169. The Kier molecular flexibility index (Phi) is 5.48. The van der Waals surface area contributed by atoms with Gasteiger partial charge in [-0.15, -0.1) is 0 Å². The van der Waals surface area contributed by atoms with E-state index >= 15 is 0 Å². The van der Waals surface area contributed by atoms with Gasteiger partial charge in [0.1, 0.15) is 5.75 Å². The minimum atomic E-state index is -1.61. The van der Waals surface area contributed by atoms with E-state index in [1.807, 2.05) is 0 Å². The fourth-order valence-electron chi connectivity index (χ4n) is 0.836. The quantitative estimate of drug-likeness (QED) is 0.643. The number of phenolic OH excluding ortho intramolecular Hbond substituents is 1. The van der Waals surface area contributed by atoms with E-state index in [9.17, 15) is 4.79 Å². The average Bonchev–Trinajstić information content (AvgIpc) is 2.08. The SMILES string of the molecule is O=C(O)[C@H](O)c1ccc(O)c(Cl)c1.[NaH]. The summed E-state index contributed by atoms with van der Waals surface area (Å²) < 4.78 is 0. The van der Waals surface area contributed by atoms with Crippen LogP contribution in [0.4, 0.5) is 0 Å². The second-order valence-corrected chi connectivity index (χ2v) is 2.86.